The third kappa shape index (κ3) is 6.86. The van der Waals surface area contributed by atoms with Crippen molar-refractivity contribution in [3.63, 3.8) is 0 Å². The maximum Gasteiger partial charge on any atom is 0.307 e. The molecule has 2 N–H and O–H groups in total. The second kappa shape index (κ2) is 7.84. The minimum atomic E-state index is -0.839. The fourth-order valence-electron chi connectivity index (χ4n) is 1.40. The SMILES string of the molecule is CC(C)CNC(=O)CSc1ccc(CC(=O)O)cc1. The van der Waals surface area contributed by atoms with E-state index in [1.54, 1.807) is 12.1 Å². The van der Waals surface area contributed by atoms with E-state index in [2.05, 4.69) is 19.2 Å². The van der Waals surface area contributed by atoms with Gasteiger partial charge < -0.3 is 10.4 Å². The molecule has 0 aliphatic heterocycles. The summed E-state index contributed by atoms with van der Waals surface area (Å²) in [5.74, 6) is 0.0105. The molecule has 0 unspecified atom stereocenters. The minimum absolute atomic E-state index is 0.0216. The highest BCUT2D eigenvalue weighted by atomic mass is 32.2. The monoisotopic (exact) mass is 281 g/mol. The smallest absolute Gasteiger partial charge is 0.307 e. The highest BCUT2D eigenvalue weighted by Crippen LogP contribution is 2.18. The molecule has 0 bridgehead atoms. The van der Waals surface area contributed by atoms with Crippen LogP contribution in [0, 0.1) is 5.92 Å². The normalized spacial score (nSPS) is 10.5. The lowest BCUT2D eigenvalue weighted by Crippen LogP contribution is -2.28. The number of carboxylic acid groups (broad SMARTS) is 1. The van der Waals surface area contributed by atoms with Crippen LogP contribution in [0.2, 0.25) is 0 Å². The molecular formula is C14H19NO3S. The van der Waals surface area contributed by atoms with Crippen LogP contribution in [0.5, 0.6) is 0 Å². The van der Waals surface area contributed by atoms with E-state index in [9.17, 15) is 9.59 Å². The van der Waals surface area contributed by atoms with Crippen LogP contribution in [0.3, 0.4) is 0 Å². The van der Waals surface area contributed by atoms with Gasteiger partial charge in [0, 0.05) is 11.4 Å². The number of amides is 1. The molecule has 1 aromatic carbocycles. The van der Waals surface area contributed by atoms with Gasteiger partial charge in [-0.1, -0.05) is 26.0 Å². The Morgan fingerprint density at radius 2 is 1.89 bits per heavy atom. The average Bonchev–Trinajstić information content (AvgIpc) is 2.35. The van der Waals surface area contributed by atoms with Gasteiger partial charge in [-0.3, -0.25) is 9.59 Å². The largest absolute Gasteiger partial charge is 0.481 e. The van der Waals surface area contributed by atoms with E-state index in [0.717, 1.165) is 10.5 Å². The highest BCUT2D eigenvalue weighted by Gasteiger charge is 2.04. The Bertz CT molecular complexity index is 429. The summed E-state index contributed by atoms with van der Waals surface area (Å²) < 4.78 is 0. The molecule has 104 valence electrons. The Morgan fingerprint density at radius 1 is 1.26 bits per heavy atom. The Kier molecular flexibility index (Phi) is 6.42. The van der Waals surface area contributed by atoms with Crippen LogP contribution in [0.4, 0.5) is 0 Å². The van der Waals surface area contributed by atoms with Crippen molar-refractivity contribution >= 4 is 23.6 Å². The molecule has 0 saturated heterocycles. The maximum absolute atomic E-state index is 11.5. The van der Waals surface area contributed by atoms with E-state index < -0.39 is 5.97 Å². The van der Waals surface area contributed by atoms with Gasteiger partial charge in [-0.15, -0.1) is 11.8 Å². The summed E-state index contributed by atoms with van der Waals surface area (Å²) in [5, 5.41) is 11.5. The van der Waals surface area contributed by atoms with Crippen molar-refractivity contribution in [2.24, 2.45) is 5.92 Å². The van der Waals surface area contributed by atoms with Crippen molar-refractivity contribution < 1.29 is 14.7 Å². The van der Waals surface area contributed by atoms with E-state index >= 15 is 0 Å². The van der Waals surface area contributed by atoms with Gasteiger partial charge in [0.25, 0.3) is 0 Å². The molecule has 0 spiro atoms. The van der Waals surface area contributed by atoms with Gasteiger partial charge >= 0.3 is 5.97 Å². The lowest BCUT2D eigenvalue weighted by Gasteiger charge is -2.07. The summed E-state index contributed by atoms with van der Waals surface area (Å²) in [7, 11) is 0. The molecule has 0 fully saturated rings. The van der Waals surface area contributed by atoms with Gasteiger partial charge in [-0.2, -0.15) is 0 Å². The van der Waals surface area contributed by atoms with Crippen LogP contribution >= 0.6 is 11.8 Å². The van der Waals surface area contributed by atoms with Crippen LogP contribution in [0.25, 0.3) is 0 Å². The molecule has 4 nitrogen and oxygen atoms in total. The molecule has 0 atom stereocenters. The molecule has 0 heterocycles. The molecule has 1 amide bonds. The fourth-order valence-corrected chi connectivity index (χ4v) is 2.12. The summed E-state index contributed by atoms with van der Waals surface area (Å²) in [4.78, 5) is 23.0. The van der Waals surface area contributed by atoms with Crippen LogP contribution in [-0.4, -0.2) is 29.3 Å². The van der Waals surface area contributed by atoms with E-state index in [0.29, 0.717) is 18.2 Å². The standard InChI is InChI=1S/C14H19NO3S/c1-10(2)8-15-13(16)9-19-12-5-3-11(4-6-12)7-14(17)18/h3-6,10H,7-9H2,1-2H3,(H,15,16)(H,17,18). The van der Waals surface area contributed by atoms with Crippen LogP contribution < -0.4 is 5.32 Å². The van der Waals surface area contributed by atoms with Crippen molar-refractivity contribution in [2.45, 2.75) is 25.2 Å². The van der Waals surface area contributed by atoms with Crippen molar-refractivity contribution in [2.75, 3.05) is 12.3 Å². The zero-order chi connectivity index (χ0) is 14.3. The molecule has 19 heavy (non-hydrogen) atoms. The van der Waals surface area contributed by atoms with Crippen LogP contribution in [-0.2, 0) is 16.0 Å². The lowest BCUT2D eigenvalue weighted by atomic mass is 10.2. The Hall–Kier alpha value is -1.49. The van der Waals surface area contributed by atoms with Crippen molar-refractivity contribution in [3.8, 4) is 0 Å². The second-order valence-corrected chi connectivity index (χ2v) is 5.75. The number of carboxylic acids is 1. The number of hydrogen-bond donors (Lipinski definition) is 2. The quantitative estimate of drug-likeness (QED) is 0.752. The number of aliphatic carboxylic acids is 1. The summed E-state index contributed by atoms with van der Waals surface area (Å²) in [6.45, 7) is 4.79. The zero-order valence-corrected chi connectivity index (χ0v) is 12.0. The Balaban J connectivity index is 2.37. The first kappa shape index (κ1) is 15.6. The van der Waals surface area contributed by atoms with Gasteiger partial charge in [-0.25, -0.2) is 0 Å². The van der Waals surface area contributed by atoms with E-state index in [1.165, 1.54) is 11.8 Å². The number of rotatable bonds is 7. The lowest BCUT2D eigenvalue weighted by molar-refractivity contribution is -0.136. The summed E-state index contributed by atoms with van der Waals surface area (Å²) in [5.41, 5.74) is 0.765. The van der Waals surface area contributed by atoms with Crippen molar-refractivity contribution in [1.29, 1.82) is 0 Å². The van der Waals surface area contributed by atoms with Gasteiger partial charge in [0.1, 0.15) is 0 Å². The second-order valence-electron chi connectivity index (χ2n) is 4.70. The number of nitrogens with one attached hydrogen (secondary N) is 1. The molecule has 5 heteroatoms. The minimum Gasteiger partial charge on any atom is -0.481 e. The first-order chi connectivity index (χ1) is 8.97. The molecule has 0 aromatic heterocycles. The number of hydrogen-bond acceptors (Lipinski definition) is 3. The van der Waals surface area contributed by atoms with Crippen molar-refractivity contribution in [3.05, 3.63) is 29.8 Å². The van der Waals surface area contributed by atoms with Crippen molar-refractivity contribution in [1.82, 2.24) is 5.32 Å². The molecule has 0 aliphatic carbocycles. The fraction of sp³-hybridized carbons (Fsp3) is 0.429. The van der Waals surface area contributed by atoms with Gasteiger partial charge in [-0.05, 0) is 23.6 Å². The van der Waals surface area contributed by atoms with E-state index in [4.69, 9.17) is 5.11 Å². The molecule has 1 rings (SSSR count). The number of carbonyl (C=O) groups excluding carboxylic acids is 1. The van der Waals surface area contributed by atoms with Gasteiger partial charge in [0.15, 0.2) is 0 Å². The predicted molar refractivity (Wildman–Crippen MR) is 76.4 cm³/mol. The van der Waals surface area contributed by atoms with E-state index in [-0.39, 0.29) is 12.3 Å². The molecule has 0 radical (unpaired) electrons. The predicted octanol–water partition coefficient (Wildman–Crippen LogP) is 2.18. The highest BCUT2D eigenvalue weighted by molar-refractivity contribution is 8.00. The Labute approximate surface area is 117 Å². The topological polar surface area (TPSA) is 66.4 Å². The van der Waals surface area contributed by atoms with Gasteiger partial charge in [0.05, 0.1) is 12.2 Å². The third-order valence-corrected chi connectivity index (χ3v) is 3.37. The Morgan fingerprint density at radius 3 is 2.42 bits per heavy atom. The summed E-state index contributed by atoms with van der Waals surface area (Å²) in [6, 6.07) is 7.25. The van der Waals surface area contributed by atoms with E-state index in [1.807, 2.05) is 12.1 Å². The molecule has 0 saturated carbocycles. The van der Waals surface area contributed by atoms with Gasteiger partial charge in [0.2, 0.25) is 5.91 Å². The average molecular weight is 281 g/mol. The number of thioether (sulfide) groups is 1. The molecule has 0 aliphatic rings. The first-order valence-corrected chi connectivity index (χ1v) is 7.16. The number of carbonyl (C=O) groups is 2. The van der Waals surface area contributed by atoms with Crippen LogP contribution in [0.1, 0.15) is 19.4 Å². The summed E-state index contributed by atoms with van der Waals surface area (Å²) >= 11 is 1.45. The zero-order valence-electron chi connectivity index (χ0n) is 11.2. The number of benzene rings is 1. The molecule has 1 aromatic rings. The van der Waals surface area contributed by atoms with Crippen LogP contribution in [0.15, 0.2) is 29.2 Å². The maximum atomic E-state index is 11.5. The molecular weight excluding hydrogens is 262 g/mol. The third-order valence-electron chi connectivity index (χ3n) is 2.36. The first-order valence-electron chi connectivity index (χ1n) is 6.17. The summed E-state index contributed by atoms with van der Waals surface area (Å²) in [6.07, 6.45) is 0.0276.